The number of nitrogens with one attached hydrogen (secondary N) is 1. The molecule has 26 heavy (non-hydrogen) atoms. The fourth-order valence-electron chi connectivity index (χ4n) is 3.08. The Labute approximate surface area is 154 Å². The molecule has 2 rings (SSSR count). The Hall–Kier alpha value is -2.57. The predicted molar refractivity (Wildman–Crippen MR) is 99.0 cm³/mol. The third-order valence-corrected chi connectivity index (χ3v) is 4.74. The normalized spacial score (nSPS) is 14.7. The number of anilines is 1. The van der Waals surface area contributed by atoms with Crippen molar-refractivity contribution < 1.29 is 19.1 Å². The van der Waals surface area contributed by atoms with Gasteiger partial charge in [-0.25, -0.2) is 9.59 Å². The maximum absolute atomic E-state index is 12.4. The first-order chi connectivity index (χ1) is 12.5. The SMILES string of the molecule is CCN(CC)C(=O)N1CCC(C(=O)Nc2ccc(C(=O)OC)cc2)CC1. The number of carbonyl (C=O) groups is 3. The quantitative estimate of drug-likeness (QED) is 0.818. The molecular formula is C19H27N3O4. The van der Waals surface area contributed by atoms with Gasteiger partial charge in [-0.3, -0.25) is 4.79 Å². The molecule has 7 nitrogen and oxygen atoms in total. The first-order valence-electron chi connectivity index (χ1n) is 9.03. The molecule has 3 amide bonds. The number of benzene rings is 1. The van der Waals surface area contributed by atoms with E-state index >= 15 is 0 Å². The van der Waals surface area contributed by atoms with E-state index in [1.165, 1.54) is 7.11 Å². The van der Waals surface area contributed by atoms with E-state index in [1.807, 2.05) is 18.7 Å². The molecule has 1 aromatic carbocycles. The van der Waals surface area contributed by atoms with E-state index in [0.717, 1.165) is 0 Å². The third-order valence-electron chi connectivity index (χ3n) is 4.74. The zero-order valence-electron chi connectivity index (χ0n) is 15.7. The Balaban J connectivity index is 1.86. The molecule has 0 atom stereocenters. The van der Waals surface area contributed by atoms with Crippen molar-refractivity contribution in [3.63, 3.8) is 0 Å². The molecule has 0 aliphatic carbocycles. The lowest BCUT2D eigenvalue weighted by Gasteiger charge is -2.34. The van der Waals surface area contributed by atoms with Gasteiger partial charge in [0.25, 0.3) is 0 Å². The first-order valence-corrected chi connectivity index (χ1v) is 9.03. The molecule has 142 valence electrons. The number of nitrogens with zero attached hydrogens (tertiary/aromatic N) is 2. The molecule has 1 heterocycles. The van der Waals surface area contributed by atoms with Crippen LogP contribution in [0, 0.1) is 5.92 Å². The first kappa shape index (κ1) is 19.8. The summed E-state index contributed by atoms with van der Waals surface area (Å²) in [6.07, 6.45) is 1.30. The van der Waals surface area contributed by atoms with Crippen LogP contribution in [-0.4, -0.2) is 61.0 Å². The van der Waals surface area contributed by atoms with Gasteiger partial charge in [0.15, 0.2) is 0 Å². The van der Waals surface area contributed by atoms with Gasteiger partial charge < -0.3 is 19.9 Å². The second-order valence-electron chi connectivity index (χ2n) is 6.27. The van der Waals surface area contributed by atoms with Crippen LogP contribution < -0.4 is 5.32 Å². The maximum atomic E-state index is 12.4. The largest absolute Gasteiger partial charge is 0.465 e. The van der Waals surface area contributed by atoms with E-state index < -0.39 is 5.97 Å². The van der Waals surface area contributed by atoms with Gasteiger partial charge in [-0.05, 0) is 51.0 Å². The number of piperidine rings is 1. The number of likely N-dealkylation sites (tertiary alicyclic amines) is 1. The van der Waals surface area contributed by atoms with Crippen LogP contribution in [0.4, 0.5) is 10.5 Å². The second kappa shape index (κ2) is 9.22. The van der Waals surface area contributed by atoms with Crippen LogP contribution in [-0.2, 0) is 9.53 Å². The van der Waals surface area contributed by atoms with E-state index in [1.54, 1.807) is 29.2 Å². The number of methoxy groups -OCH3 is 1. The second-order valence-corrected chi connectivity index (χ2v) is 6.27. The standard InChI is InChI=1S/C19H27N3O4/c1-4-21(5-2)19(25)22-12-10-14(11-13-22)17(23)20-16-8-6-15(7-9-16)18(24)26-3/h6-9,14H,4-5,10-13H2,1-3H3,(H,20,23). The lowest BCUT2D eigenvalue weighted by Crippen LogP contribution is -2.47. The monoisotopic (exact) mass is 361 g/mol. The van der Waals surface area contributed by atoms with Crippen LogP contribution in [0.25, 0.3) is 0 Å². The molecule has 0 aromatic heterocycles. The highest BCUT2D eigenvalue weighted by Gasteiger charge is 2.28. The smallest absolute Gasteiger partial charge is 0.337 e. The van der Waals surface area contributed by atoms with E-state index in [-0.39, 0.29) is 17.9 Å². The summed E-state index contributed by atoms with van der Waals surface area (Å²) in [5.74, 6) is -0.574. The summed E-state index contributed by atoms with van der Waals surface area (Å²) in [5.41, 5.74) is 1.08. The zero-order valence-corrected chi connectivity index (χ0v) is 15.7. The fourth-order valence-corrected chi connectivity index (χ4v) is 3.08. The van der Waals surface area contributed by atoms with Crippen molar-refractivity contribution >= 4 is 23.6 Å². The number of esters is 1. The molecule has 0 spiro atoms. The van der Waals surface area contributed by atoms with Crippen LogP contribution in [0.2, 0.25) is 0 Å². The number of carbonyl (C=O) groups excluding carboxylic acids is 3. The molecule has 1 N–H and O–H groups in total. The van der Waals surface area contributed by atoms with Gasteiger partial charge in [0, 0.05) is 37.8 Å². The van der Waals surface area contributed by atoms with Crippen LogP contribution >= 0.6 is 0 Å². The Morgan fingerprint density at radius 3 is 2.19 bits per heavy atom. The fraction of sp³-hybridized carbons (Fsp3) is 0.526. The lowest BCUT2D eigenvalue weighted by molar-refractivity contribution is -0.121. The minimum atomic E-state index is -0.409. The topological polar surface area (TPSA) is 79.0 Å². The molecule has 1 saturated heterocycles. The summed E-state index contributed by atoms with van der Waals surface area (Å²) < 4.78 is 4.65. The minimum absolute atomic E-state index is 0.0484. The summed E-state index contributed by atoms with van der Waals surface area (Å²) >= 11 is 0. The molecule has 1 aliphatic heterocycles. The average molecular weight is 361 g/mol. The van der Waals surface area contributed by atoms with Gasteiger partial charge in [0.05, 0.1) is 12.7 Å². The minimum Gasteiger partial charge on any atom is -0.465 e. The summed E-state index contributed by atoms with van der Waals surface area (Å²) in [4.78, 5) is 39.8. The number of hydrogen-bond donors (Lipinski definition) is 1. The highest BCUT2D eigenvalue weighted by atomic mass is 16.5. The Kier molecular flexibility index (Phi) is 7.00. The molecule has 0 bridgehead atoms. The van der Waals surface area contributed by atoms with Gasteiger partial charge in [-0.2, -0.15) is 0 Å². The van der Waals surface area contributed by atoms with E-state index in [9.17, 15) is 14.4 Å². The zero-order chi connectivity index (χ0) is 19.1. The average Bonchev–Trinajstić information content (AvgIpc) is 2.68. The molecule has 7 heteroatoms. The number of amides is 3. The van der Waals surface area contributed by atoms with Crippen LogP contribution in [0.3, 0.4) is 0 Å². The van der Waals surface area contributed by atoms with E-state index in [0.29, 0.717) is 50.3 Å². The highest BCUT2D eigenvalue weighted by Crippen LogP contribution is 2.21. The number of rotatable bonds is 5. The van der Waals surface area contributed by atoms with Crippen molar-refractivity contribution in [1.82, 2.24) is 9.80 Å². The van der Waals surface area contributed by atoms with Crippen LogP contribution in [0.5, 0.6) is 0 Å². The number of ether oxygens (including phenoxy) is 1. The van der Waals surface area contributed by atoms with Gasteiger partial charge >= 0.3 is 12.0 Å². The Bertz CT molecular complexity index is 633. The van der Waals surface area contributed by atoms with Gasteiger partial charge in [0.2, 0.25) is 5.91 Å². The maximum Gasteiger partial charge on any atom is 0.337 e. The number of hydrogen-bond acceptors (Lipinski definition) is 4. The van der Waals surface area contributed by atoms with Gasteiger partial charge in [-0.15, -0.1) is 0 Å². The summed E-state index contributed by atoms with van der Waals surface area (Å²) in [5, 5.41) is 2.88. The van der Waals surface area contributed by atoms with Gasteiger partial charge in [0.1, 0.15) is 0 Å². The third kappa shape index (κ3) is 4.74. The molecule has 0 saturated carbocycles. The predicted octanol–water partition coefficient (Wildman–Crippen LogP) is 2.59. The van der Waals surface area contributed by atoms with Crippen molar-refractivity contribution in [2.45, 2.75) is 26.7 Å². The Morgan fingerprint density at radius 1 is 1.12 bits per heavy atom. The summed E-state index contributed by atoms with van der Waals surface area (Å²) in [6, 6.07) is 6.65. The van der Waals surface area contributed by atoms with Crippen molar-refractivity contribution in [1.29, 1.82) is 0 Å². The molecule has 0 unspecified atom stereocenters. The molecule has 1 aliphatic rings. The lowest BCUT2D eigenvalue weighted by atomic mass is 9.96. The van der Waals surface area contributed by atoms with Crippen molar-refractivity contribution in [2.75, 3.05) is 38.6 Å². The molecule has 0 radical (unpaired) electrons. The molecular weight excluding hydrogens is 334 g/mol. The molecule has 1 aromatic rings. The Morgan fingerprint density at radius 2 is 1.69 bits per heavy atom. The highest BCUT2D eigenvalue weighted by molar-refractivity contribution is 5.94. The summed E-state index contributed by atoms with van der Waals surface area (Å²) in [7, 11) is 1.33. The number of urea groups is 1. The van der Waals surface area contributed by atoms with Crippen molar-refractivity contribution in [2.24, 2.45) is 5.92 Å². The van der Waals surface area contributed by atoms with Crippen LogP contribution in [0.15, 0.2) is 24.3 Å². The van der Waals surface area contributed by atoms with E-state index in [2.05, 4.69) is 10.1 Å². The summed E-state index contributed by atoms with van der Waals surface area (Å²) in [6.45, 7) is 6.50. The van der Waals surface area contributed by atoms with Crippen LogP contribution in [0.1, 0.15) is 37.0 Å². The molecule has 1 fully saturated rings. The van der Waals surface area contributed by atoms with Crippen molar-refractivity contribution in [3.05, 3.63) is 29.8 Å². The van der Waals surface area contributed by atoms with Gasteiger partial charge in [-0.1, -0.05) is 0 Å². The van der Waals surface area contributed by atoms with E-state index in [4.69, 9.17) is 0 Å². The van der Waals surface area contributed by atoms with Crippen molar-refractivity contribution in [3.8, 4) is 0 Å².